The Morgan fingerprint density at radius 2 is 2.00 bits per heavy atom. The fourth-order valence-electron chi connectivity index (χ4n) is 2.22. The molecule has 0 radical (unpaired) electrons. The van der Waals surface area contributed by atoms with Crippen molar-refractivity contribution in [3.63, 3.8) is 0 Å². The van der Waals surface area contributed by atoms with Crippen LogP contribution in [-0.4, -0.2) is 26.7 Å². The van der Waals surface area contributed by atoms with E-state index in [0.29, 0.717) is 29.1 Å². The molecule has 0 N–H and O–H groups in total. The van der Waals surface area contributed by atoms with E-state index in [1.54, 1.807) is 38.1 Å². The fraction of sp³-hybridized carbons (Fsp3) is 0.357. The van der Waals surface area contributed by atoms with Crippen molar-refractivity contribution in [2.75, 3.05) is 12.4 Å². The summed E-state index contributed by atoms with van der Waals surface area (Å²) in [6.45, 7) is 3.74. The van der Waals surface area contributed by atoms with Gasteiger partial charge in [0.25, 0.3) is 0 Å². The number of carbonyl (C=O) groups excluding carboxylic acids is 1. The molecule has 0 spiro atoms. The number of sulfone groups is 1. The minimum absolute atomic E-state index is 0.0378. The highest BCUT2D eigenvalue weighted by atomic mass is 32.2. The van der Waals surface area contributed by atoms with Gasteiger partial charge >= 0.3 is 5.97 Å². The summed E-state index contributed by atoms with van der Waals surface area (Å²) in [6.07, 6.45) is 0.351. The number of allylic oxidation sites excluding steroid dienone is 1. The van der Waals surface area contributed by atoms with Crippen LogP contribution < -0.4 is 0 Å². The summed E-state index contributed by atoms with van der Waals surface area (Å²) in [5, 5.41) is 0. The molecule has 2 rings (SSSR count). The van der Waals surface area contributed by atoms with E-state index in [1.807, 2.05) is 0 Å². The van der Waals surface area contributed by atoms with Crippen LogP contribution in [0.15, 0.2) is 34.7 Å². The minimum atomic E-state index is -3.23. The van der Waals surface area contributed by atoms with Gasteiger partial charge in [0.15, 0.2) is 9.84 Å². The Labute approximate surface area is 113 Å². The highest BCUT2D eigenvalue weighted by Gasteiger charge is 2.28. The Morgan fingerprint density at radius 1 is 1.32 bits per heavy atom. The molecule has 1 aliphatic rings. The average Bonchev–Trinajstić information content (AvgIpc) is 2.39. The number of fused-ring (bicyclic) bond motifs is 1. The zero-order chi connectivity index (χ0) is 14.0. The molecule has 0 unspecified atom stereocenters. The highest BCUT2D eigenvalue weighted by Crippen LogP contribution is 2.34. The summed E-state index contributed by atoms with van der Waals surface area (Å²) < 4.78 is 29.0. The Morgan fingerprint density at radius 3 is 2.68 bits per heavy atom. The molecule has 1 heterocycles. The van der Waals surface area contributed by atoms with Crippen molar-refractivity contribution in [3.8, 4) is 0 Å². The van der Waals surface area contributed by atoms with Gasteiger partial charge in [-0.1, -0.05) is 18.2 Å². The van der Waals surface area contributed by atoms with Crippen molar-refractivity contribution >= 4 is 21.4 Å². The molecule has 0 saturated heterocycles. The lowest BCUT2D eigenvalue weighted by Crippen LogP contribution is -2.18. The third-order valence-electron chi connectivity index (χ3n) is 3.20. The molecule has 1 aliphatic heterocycles. The maximum atomic E-state index is 12.0. The van der Waals surface area contributed by atoms with Crippen molar-refractivity contribution in [3.05, 3.63) is 35.4 Å². The van der Waals surface area contributed by atoms with Gasteiger partial charge in [-0.25, -0.2) is 13.2 Å². The van der Waals surface area contributed by atoms with E-state index in [4.69, 9.17) is 4.74 Å². The lowest BCUT2D eigenvalue weighted by atomic mass is 9.98. The van der Waals surface area contributed by atoms with Gasteiger partial charge in [-0.3, -0.25) is 0 Å². The molecule has 0 fully saturated rings. The van der Waals surface area contributed by atoms with Crippen LogP contribution in [0, 0.1) is 0 Å². The van der Waals surface area contributed by atoms with E-state index < -0.39 is 9.84 Å². The Hall–Kier alpha value is -1.62. The molecule has 0 bridgehead atoms. The van der Waals surface area contributed by atoms with E-state index in [0.717, 1.165) is 5.57 Å². The fourth-order valence-corrected chi connectivity index (χ4v) is 3.73. The highest BCUT2D eigenvalue weighted by molar-refractivity contribution is 7.91. The first-order valence-electron chi connectivity index (χ1n) is 6.16. The number of carbonyl (C=O) groups is 1. The normalized spacial score (nSPS) is 19.5. The third-order valence-corrected chi connectivity index (χ3v) is 4.97. The van der Waals surface area contributed by atoms with Crippen molar-refractivity contribution < 1.29 is 17.9 Å². The number of benzene rings is 1. The van der Waals surface area contributed by atoms with Gasteiger partial charge in [0.05, 0.1) is 17.3 Å². The van der Waals surface area contributed by atoms with Crippen LogP contribution in [0.3, 0.4) is 0 Å². The number of hydrogen-bond donors (Lipinski definition) is 0. The molecule has 1 aromatic carbocycles. The van der Waals surface area contributed by atoms with Gasteiger partial charge in [0.2, 0.25) is 0 Å². The van der Waals surface area contributed by atoms with Crippen molar-refractivity contribution in [2.45, 2.75) is 25.2 Å². The predicted molar refractivity (Wildman–Crippen MR) is 72.3 cm³/mol. The lowest BCUT2D eigenvalue weighted by Gasteiger charge is -2.20. The number of hydrogen-bond acceptors (Lipinski definition) is 4. The molecule has 0 amide bonds. The standard InChI is InChI=1S/C14H16O4S/c1-3-18-14(15)10(2)11-8-9-19(16,17)13-7-5-4-6-12(11)13/h4-7H,3,8-9H2,1-2H3/b11-10-. The Balaban J connectivity index is 2.57. The first-order valence-corrected chi connectivity index (χ1v) is 7.81. The van der Waals surface area contributed by atoms with Crippen LogP contribution in [0.5, 0.6) is 0 Å². The molecule has 4 nitrogen and oxygen atoms in total. The smallest absolute Gasteiger partial charge is 0.333 e. The van der Waals surface area contributed by atoms with Crippen LogP contribution in [0.1, 0.15) is 25.8 Å². The topological polar surface area (TPSA) is 60.4 Å². The third kappa shape index (κ3) is 2.56. The van der Waals surface area contributed by atoms with Crippen molar-refractivity contribution in [1.82, 2.24) is 0 Å². The van der Waals surface area contributed by atoms with E-state index in [2.05, 4.69) is 0 Å². The quantitative estimate of drug-likeness (QED) is 0.615. The molecule has 102 valence electrons. The van der Waals surface area contributed by atoms with Crippen LogP contribution >= 0.6 is 0 Å². The summed E-state index contributed by atoms with van der Waals surface area (Å²) >= 11 is 0. The lowest BCUT2D eigenvalue weighted by molar-refractivity contribution is -0.138. The SMILES string of the molecule is CCOC(=O)/C(C)=C1/CCS(=O)(=O)c2ccccc21. The first kappa shape index (κ1) is 13.8. The monoisotopic (exact) mass is 280 g/mol. The molecular formula is C14H16O4S. The van der Waals surface area contributed by atoms with Gasteiger partial charge in [-0.2, -0.15) is 0 Å². The number of rotatable bonds is 2. The summed E-state index contributed by atoms with van der Waals surface area (Å²) in [6, 6.07) is 6.80. The molecule has 0 aliphatic carbocycles. The number of esters is 1. The van der Waals surface area contributed by atoms with E-state index in [9.17, 15) is 13.2 Å². The summed E-state index contributed by atoms with van der Waals surface area (Å²) in [5.74, 6) is -0.345. The summed E-state index contributed by atoms with van der Waals surface area (Å²) in [7, 11) is -3.23. The van der Waals surface area contributed by atoms with Crippen LogP contribution in [-0.2, 0) is 19.4 Å². The van der Waals surface area contributed by atoms with Gasteiger partial charge < -0.3 is 4.74 Å². The molecule has 19 heavy (non-hydrogen) atoms. The van der Waals surface area contributed by atoms with Gasteiger partial charge in [0.1, 0.15) is 0 Å². The summed E-state index contributed by atoms with van der Waals surface area (Å²) in [4.78, 5) is 12.1. The zero-order valence-corrected chi connectivity index (χ0v) is 11.8. The van der Waals surface area contributed by atoms with Gasteiger partial charge in [0, 0.05) is 5.57 Å². The molecule has 0 saturated carbocycles. The van der Waals surface area contributed by atoms with Gasteiger partial charge in [-0.15, -0.1) is 0 Å². The van der Waals surface area contributed by atoms with Crippen LogP contribution in [0.2, 0.25) is 0 Å². The second-order valence-corrected chi connectivity index (χ2v) is 6.47. The Kier molecular flexibility index (Phi) is 3.75. The molecular weight excluding hydrogens is 264 g/mol. The van der Waals surface area contributed by atoms with Crippen molar-refractivity contribution in [2.24, 2.45) is 0 Å². The second kappa shape index (κ2) is 5.17. The van der Waals surface area contributed by atoms with E-state index >= 15 is 0 Å². The number of ether oxygens (including phenoxy) is 1. The average molecular weight is 280 g/mol. The van der Waals surface area contributed by atoms with E-state index in [-0.39, 0.29) is 11.7 Å². The van der Waals surface area contributed by atoms with Crippen molar-refractivity contribution in [1.29, 1.82) is 0 Å². The maximum Gasteiger partial charge on any atom is 0.333 e. The van der Waals surface area contributed by atoms with Gasteiger partial charge in [-0.05, 0) is 37.5 Å². The zero-order valence-electron chi connectivity index (χ0n) is 11.0. The molecule has 0 atom stereocenters. The molecule has 1 aromatic rings. The Bertz CT molecular complexity index is 641. The minimum Gasteiger partial charge on any atom is -0.463 e. The van der Waals surface area contributed by atoms with E-state index in [1.165, 1.54) is 0 Å². The maximum absolute atomic E-state index is 12.0. The van der Waals surface area contributed by atoms with Crippen LogP contribution in [0.25, 0.3) is 5.57 Å². The van der Waals surface area contributed by atoms with Crippen LogP contribution in [0.4, 0.5) is 0 Å². The molecule has 5 heteroatoms. The second-order valence-electron chi connectivity index (χ2n) is 4.39. The predicted octanol–water partition coefficient (Wildman–Crippen LogP) is 2.20. The first-order chi connectivity index (χ1) is 8.97. The molecule has 0 aromatic heterocycles. The summed E-state index contributed by atoms with van der Waals surface area (Å²) in [5.41, 5.74) is 1.88. The largest absolute Gasteiger partial charge is 0.463 e.